The number of fused-ring (bicyclic) bond motifs is 1. The molecule has 1 fully saturated rings. The topological polar surface area (TPSA) is 25.8 Å². The van der Waals surface area contributed by atoms with Gasteiger partial charge in [0.05, 0.1) is 5.39 Å². The number of rotatable bonds is 3. The summed E-state index contributed by atoms with van der Waals surface area (Å²) >= 11 is 8.02. The Morgan fingerprint density at radius 1 is 1.41 bits per heavy atom. The van der Waals surface area contributed by atoms with Crippen LogP contribution in [-0.4, -0.2) is 9.97 Å². The van der Waals surface area contributed by atoms with Crippen molar-refractivity contribution in [2.75, 3.05) is 0 Å². The molecular formula is C13H15ClN2S. The van der Waals surface area contributed by atoms with Gasteiger partial charge in [0, 0.05) is 6.42 Å². The van der Waals surface area contributed by atoms with Crippen LogP contribution >= 0.6 is 22.9 Å². The number of nitrogens with zero attached hydrogens (tertiary/aromatic N) is 2. The van der Waals surface area contributed by atoms with Crippen molar-refractivity contribution in [1.29, 1.82) is 0 Å². The maximum Gasteiger partial charge on any atom is 0.141 e. The number of hydrogen-bond acceptors (Lipinski definition) is 3. The zero-order valence-corrected chi connectivity index (χ0v) is 11.6. The molecule has 0 saturated heterocycles. The Hall–Kier alpha value is -0.670. The molecule has 0 amide bonds. The fraction of sp³-hybridized carbons (Fsp3) is 0.538. The second-order valence-electron chi connectivity index (χ2n) is 5.17. The van der Waals surface area contributed by atoms with Gasteiger partial charge < -0.3 is 0 Å². The van der Waals surface area contributed by atoms with E-state index in [1.165, 1.54) is 18.4 Å². The molecule has 4 heteroatoms. The highest BCUT2D eigenvalue weighted by Gasteiger charge is 2.28. The summed E-state index contributed by atoms with van der Waals surface area (Å²) in [5.41, 5.74) is 1.37. The van der Waals surface area contributed by atoms with Gasteiger partial charge in [-0.25, -0.2) is 9.97 Å². The van der Waals surface area contributed by atoms with Crippen molar-refractivity contribution in [1.82, 2.24) is 9.97 Å². The van der Waals surface area contributed by atoms with Gasteiger partial charge in [-0.3, -0.25) is 0 Å². The Balaban J connectivity index is 2.08. The third kappa shape index (κ3) is 2.18. The lowest BCUT2D eigenvalue weighted by atomic mass is 10.1. The highest BCUT2D eigenvalue weighted by molar-refractivity contribution is 7.17. The van der Waals surface area contributed by atoms with E-state index in [9.17, 15) is 0 Å². The first-order valence-corrected chi connectivity index (χ1v) is 7.34. The molecule has 2 nitrogen and oxygen atoms in total. The molecular weight excluding hydrogens is 252 g/mol. The van der Waals surface area contributed by atoms with E-state index in [4.69, 9.17) is 11.6 Å². The van der Waals surface area contributed by atoms with Gasteiger partial charge in [0.1, 0.15) is 15.8 Å². The van der Waals surface area contributed by atoms with E-state index in [-0.39, 0.29) is 0 Å². The molecule has 2 aromatic rings. The SMILES string of the molecule is CC(C)Cc1nc(Cl)c2c(C3CC3)csc2n1. The molecule has 2 aromatic heterocycles. The largest absolute Gasteiger partial charge is 0.222 e. The first-order valence-electron chi connectivity index (χ1n) is 6.08. The van der Waals surface area contributed by atoms with Crippen LogP contribution in [0.5, 0.6) is 0 Å². The molecule has 0 unspecified atom stereocenters. The molecule has 0 aliphatic heterocycles. The van der Waals surface area contributed by atoms with Gasteiger partial charge in [-0.15, -0.1) is 11.3 Å². The van der Waals surface area contributed by atoms with Crippen molar-refractivity contribution in [2.24, 2.45) is 5.92 Å². The quantitative estimate of drug-likeness (QED) is 0.769. The second-order valence-corrected chi connectivity index (χ2v) is 6.39. The highest BCUT2D eigenvalue weighted by atomic mass is 35.5. The van der Waals surface area contributed by atoms with Crippen LogP contribution in [0.15, 0.2) is 5.38 Å². The summed E-state index contributed by atoms with van der Waals surface area (Å²) in [7, 11) is 0. The molecule has 1 aliphatic carbocycles. The van der Waals surface area contributed by atoms with Crippen LogP contribution in [0.4, 0.5) is 0 Å². The lowest BCUT2D eigenvalue weighted by Crippen LogP contribution is -2.01. The third-order valence-corrected chi connectivity index (χ3v) is 4.24. The average Bonchev–Trinajstić information content (AvgIpc) is 2.98. The number of halogens is 1. The number of hydrogen-bond donors (Lipinski definition) is 0. The Bertz CT molecular complexity index is 558. The molecule has 1 aliphatic rings. The van der Waals surface area contributed by atoms with Crippen LogP contribution in [0.3, 0.4) is 0 Å². The molecule has 3 rings (SSSR count). The monoisotopic (exact) mass is 266 g/mol. The maximum absolute atomic E-state index is 6.32. The smallest absolute Gasteiger partial charge is 0.141 e. The minimum absolute atomic E-state index is 0.561. The molecule has 0 N–H and O–H groups in total. The lowest BCUT2D eigenvalue weighted by molar-refractivity contribution is 0.623. The molecule has 2 heterocycles. The Morgan fingerprint density at radius 3 is 2.82 bits per heavy atom. The van der Waals surface area contributed by atoms with E-state index in [0.717, 1.165) is 22.5 Å². The van der Waals surface area contributed by atoms with Crippen molar-refractivity contribution < 1.29 is 0 Å². The van der Waals surface area contributed by atoms with Crippen molar-refractivity contribution in [3.8, 4) is 0 Å². The van der Waals surface area contributed by atoms with Crippen molar-refractivity contribution in [3.63, 3.8) is 0 Å². The van der Waals surface area contributed by atoms with E-state index in [1.54, 1.807) is 11.3 Å². The van der Waals surface area contributed by atoms with Gasteiger partial charge >= 0.3 is 0 Å². The Morgan fingerprint density at radius 2 is 2.18 bits per heavy atom. The van der Waals surface area contributed by atoms with E-state index in [0.29, 0.717) is 17.0 Å². The van der Waals surface area contributed by atoms with Crippen LogP contribution in [0.2, 0.25) is 5.15 Å². The van der Waals surface area contributed by atoms with Crippen LogP contribution in [0, 0.1) is 5.92 Å². The van der Waals surface area contributed by atoms with E-state index < -0.39 is 0 Å². The average molecular weight is 267 g/mol. The number of aromatic nitrogens is 2. The predicted molar refractivity (Wildman–Crippen MR) is 72.9 cm³/mol. The summed E-state index contributed by atoms with van der Waals surface area (Å²) in [6.07, 6.45) is 3.47. The standard InChI is InChI=1S/C13H15ClN2S/c1-7(2)5-10-15-12(14)11-9(8-3-4-8)6-17-13(11)16-10/h6-8H,3-5H2,1-2H3. The van der Waals surface area contributed by atoms with Gasteiger partial charge in [-0.05, 0) is 35.6 Å². The third-order valence-electron chi connectivity index (χ3n) is 3.07. The summed E-state index contributed by atoms with van der Waals surface area (Å²) in [4.78, 5) is 10.1. The van der Waals surface area contributed by atoms with Crippen LogP contribution < -0.4 is 0 Å². The van der Waals surface area contributed by atoms with Crippen molar-refractivity contribution in [2.45, 2.75) is 39.0 Å². The van der Waals surface area contributed by atoms with Gasteiger partial charge in [0.2, 0.25) is 0 Å². The summed E-state index contributed by atoms with van der Waals surface area (Å²) in [6.45, 7) is 4.34. The van der Waals surface area contributed by atoms with Crippen LogP contribution in [-0.2, 0) is 6.42 Å². The van der Waals surface area contributed by atoms with E-state index in [1.807, 2.05) is 0 Å². The summed E-state index contributed by atoms with van der Waals surface area (Å²) in [6, 6.07) is 0. The van der Waals surface area contributed by atoms with Crippen molar-refractivity contribution in [3.05, 3.63) is 21.9 Å². The summed E-state index contributed by atoms with van der Waals surface area (Å²) in [5, 5.41) is 3.96. The minimum atomic E-state index is 0.561. The zero-order valence-electron chi connectivity index (χ0n) is 10.0. The first kappa shape index (κ1) is 11.4. The van der Waals surface area contributed by atoms with Gasteiger partial charge in [-0.1, -0.05) is 25.4 Å². The lowest BCUT2D eigenvalue weighted by Gasteiger charge is -2.05. The molecule has 0 atom stereocenters. The fourth-order valence-corrected chi connectivity index (χ4v) is 3.50. The molecule has 17 heavy (non-hydrogen) atoms. The molecule has 0 spiro atoms. The highest BCUT2D eigenvalue weighted by Crippen LogP contribution is 2.46. The molecule has 90 valence electrons. The van der Waals surface area contributed by atoms with Crippen LogP contribution in [0.1, 0.15) is 44.0 Å². The van der Waals surface area contributed by atoms with Gasteiger partial charge in [0.15, 0.2) is 0 Å². The normalized spacial score (nSPS) is 16.0. The fourth-order valence-electron chi connectivity index (χ4n) is 2.11. The van der Waals surface area contributed by atoms with E-state index >= 15 is 0 Å². The molecule has 1 saturated carbocycles. The summed E-state index contributed by atoms with van der Waals surface area (Å²) in [5.74, 6) is 2.15. The minimum Gasteiger partial charge on any atom is -0.222 e. The zero-order chi connectivity index (χ0) is 12.0. The van der Waals surface area contributed by atoms with Crippen LogP contribution in [0.25, 0.3) is 10.2 Å². The Labute approximate surface area is 110 Å². The second kappa shape index (κ2) is 4.21. The number of thiophene rings is 1. The Kier molecular flexibility index (Phi) is 2.83. The molecule has 0 bridgehead atoms. The van der Waals surface area contributed by atoms with E-state index in [2.05, 4.69) is 29.2 Å². The van der Waals surface area contributed by atoms with Gasteiger partial charge in [-0.2, -0.15) is 0 Å². The maximum atomic E-state index is 6.32. The van der Waals surface area contributed by atoms with Crippen molar-refractivity contribution >= 4 is 33.2 Å². The molecule has 0 radical (unpaired) electrons. The summed E-state index contributed by atoms with van der Waals surface area (Å²) < 4.78 is 0. The van der Waals surface area contributed by atoms with Gasteiger partial charge in [0.25, 0.3) is 0 Å². The predicted octanol–water partition coefficient (Wildman–Crippen LogP) is 4.42. The molecule has 0 aromatic carbocycles. The first-order chi connectivity index (χ1) is 8.15.